The maximum atomic E-state index is 13.5. The highest BCUT2D eigenvalue weighted by atomic mass is 16.5. The fourth-order valence-corrected chi connectivity index (χ4v) is 5.89. The van der Waals surface area contributed by atoms with Gasteiger partial charge in [-0.2, -0.15) is 0 Å². The molecule has 0 aromatic heterocycles. The normalized spacial score (nSPS) is 22.0. The Morgan fingerprint density at radius 1 is 0.912 bits per heavy atom. The molecule has 0 radical (unpaired) electrons. The Kier molecular flexibility index (Phi) is 6.54. The molecule has 184 valence electrons. The highest BCUT2D eigenvalue weighted by Gasteiger charge is 2.47. The summed E-state index contributed by atoms with van der Waals surface area (Å²) in [4.78, 5) is 28.5. The molecule has 34 heavy (non-hydrogen) atoms. The van der Waals surface area contributed by atoms with Crippen LogP contribution < -0.4 is 9.64 Å². The quantitative estimate of drug-likeness (QED) is 0.670. The lowest BCUT2D eigenvalue weighted by Crippen LogP contribution is -3.10. The van der Waals surface area contributed by atoms with E-state index in [9.17, 15) is 9.59 Å². The molecule has 0 saturated heterocycles. The van der Waals surface area contributed by atoms with Gasteiger partial charge in [-0.05, 0) is 42.4 Å². The Balaban J connectivity index is 1.88. The van der Waals surface area contributed by atoms with E-state index in [4.69, 9.17) is 9.47 Å². The summed E-state index contributed by atoms with van der Waals surface area (Å²) in [5.41, 5.74) is 3.19. The SMILES string of the molecule is CC[NH+](CC)Cc1cc(C2C3=C(CC(C)(C)CC3=O)OC3=C2C(=O)CC(C)(C)C3)ccc1OC. The van der Waals surface area contributed by atoms with Crippen molar-refractivity contribution in [3.8, 4) is 5.75 Å². The first-order valence-corrected chi connectivity index (χ1v) is 12.7. The molecule has 2 aliphatic carbocycles. The summed E-state index contributed by atoms with van der Waals surface area (Å²) in [7, 11) is 1.70. The van der Waals surface area contributed by atoms with Gasteiger partial charge in [-0.25, -0.2) is 0 Å². The lowest BCUT2D eigenvalue weighted by atomic mass is 9.65. The highest BCUT2D eigenvalue weighted by Crippen LogP contribution is 2.53. The van der Waals surface area contributed by atoms with Crippen LogP contribution in [0.1, 0.15) is 84.3 Å². The molecule has 3 aliphatic rings. The zero-order valence-corrected chi connectivity index (χ0v) is 21.9. The van der Waals surface area contributed by atoms with Gasteiger partial charge in [-0.3, -0.25) is 9.59 Å². The Labute approximate surface area is 204 Å². The zero-order chi connectivity index (χ0) is 24.8. The molecule has 0 saturated carbocycles. The van der Waals surface area contributed by atoms with Crippen molar-refractivity contribution in [2.24, 2.45) is 10.8 Å². The summed E-state index contributed by atoms with van der Waals surface area (Å²) in [5.74, 6) is 2.23. The Morgan fingerprint density at radius 3 is 1.91 bits per heavy atom. The maximum absolute atomic E-state index is 13.5. The van der Waals surface area contributed by atoms with Crippen molar-refractivity contribution in [1.29, 1.82) is 0 Å². The number of carbonyl (C=O) groups excluding carboxylic acids is 2. The van der Waals surface area contributed by atoms with Crippen molar-refractivity contribution >= 4 is 11.6 Å². The second-order valence-electron chi connectivity index (χ2n) is 11.8. The number of Topliss-reactive ketones (excluding diaryl/α,β-unsaturated/α-hetero) is 2. The fraction of sp³-hybridized carbons (Fsp3) is 0.586. The smallest absolute Gasteiger partial charge is 0.163 e. The molecule has 0 spiro atoms. The summed E-state index contributed by atoms with van der Waals surface area (Å²) in [6.07, 6.45) is 2.37. The van der Waals surface area contributed by atoms with Crippen LogP contribution in [0.15, 0.2) is 40.9 Å². The predicted octanol–water partition coefficient (Wildman–Crippen LogP) is 4.52. The number of rotatable bonds is 6. The van der Waals surface area contributed by atoms with Crippen LogP contribution in [-0.4, -0.2) is 31.8 Å². The molecule has 1 N–H and O–H groups in total. The molecule has 0 unspecified atom stereocenters. The summed E-state index contributed by atoms with van der Waals surface area (Å²) < 4.78 is 12.1. The van der Waals surface area contributed by atoms with Gasteiger partial charge in [-0.1, -0.05) is 33.8 Å². The minimum Gasteiger partial charge on any atom is -0.496 e. The molecule has 5 nitrogen and oxygen atoms in total. The van der Waals surface area contributed by atoms with E-state index in [1.807, 2.05) is 12.1 Å². The Hall–Kier alpha value is -2.40. The lowest BCUT2D eigenvalue weighted by Gasteiger charge is -2.42. The number of allylic oxidation sites excluding steroid dienone is 4. The zero-order valence-electron chi connectivity index (χ0n) is 21.9. The number of ketones is 2. The standard InChI is InChI=1S/C29H39NO4/c1-8-30(9-2)17-19-12-18(10-11-22(19)33-7)25-26-20(31)13-28(3,4)15-23(26)34-24-16-29(5,6)14-21(32)27(24)25/h10-12,25H,8-9,13-17H2,1-7H3/p+1. The van der Waals surface area contributed by atoms with E-state index in [0.29, 0.717) is 36.8 Å². The maximum Gasteiger partial charge on any atom is 0.163 e. The van der Waals surface area contributed by atoms with Gasteiger partial charge in [0.1, 0.15) is 23.8 Å². The summed E-state index contributed by atoms with van der Waals surface area (Å²) in [6.45, 7) is 15.7. The minimum absolute atomic E-state index is 0.104. The van der Waals surface area contributed by atoms with Crippen LogP contribution in [0.25, 0.3) is 0 Å². The number of nitrogens with one attached hydrogen (secondary N) is 1. The minimum atomic E-state index is -0.359. The number of quaternary nitrogens is 1. The molecular formula is C29H40NO4+. The number of carbonyl (C=O) groups is 2. The number of benzene rings is 1. The molecule has 5 heteroatoms. The second-order valence-corrected chi connectivity index (χ2v) is 11.8. The van der Waals surface area contributed by atoms with Crippen LogP contribution in [0.5, 0.6) is 5.75 Å². The second kappa shape index (κ2) is 8.99. The summed E-state index contributed by atoms with van der Waals surface area (Å²) in [5, 5.41) is 0. The highest BCUT2D eigenvalue weighted by molar-refractivity contribution is 6.06. The molecule has 1 aromatic carbocycles. The number of hydrogen-bond acceptors (Lipinski definition) is 4. The van der Waals surface area contributed by atoms with Crippen molar-refractivity contribution in [2.75, 3.05) is 20.2 Å². The molecule has 0 atom stereocenters. The molecule has 1 aromatic rings. The third-order valence-corrected chi connectivity index (χ3v) is 7.66. The molecule has 0 amide bonds. The predicted molar refractivity (Wildman–Crippen MR) is 133 cm³/mol. The van der Waals surface area contributed by atoms with Gasteiger partial charge in [0.2, 0.25) is 0 Å². The fourth-order valence-electron chi connectivity index (χ4n) is 5.89. The average molecular weight is 467 g/mol. The van der Waals surface area contributed by atoms with Crippen molar-refractivity contribution in [2.45, 2.75) is 79.7 Å². The van der Waals surface area contributed by atoms with E-state index in [0.717, 1.165) is 48.0 Å². The number of methoxy groups -OCH3 is 1. The molecular weight excluding hydrogens is 426 g/mol. The summed E-state index contributed by atoms with van der Waals surface area (Å²) in [6, 6.07) is 6.19. The molecule has 0 bridgehead atoms. The first kappa shape index (κ1) is 24.7. The van der Waals surface area contributed by atoms with Gasteiger partial charge < -0.3 is 14.4 Å². The number of hydrogen-bond donors (Lipinski definition) is 1. The van der Waals surface area contributed by atoms with Crippen LogP contribution in [0.2, 0.25) is 0 Å². The van der Waals surface area contributed by atoms with Crippen LogP contribution in [0.3, 0.4) is 0 Å². The Bertz CT molecular complexity index is 1020. The Morgan fingerprint density at radius 2 is 1.44 bits per heavy atom. The van der Waals surface area contributed by atoms with E-state index < -0.39 is 0 Å². The van der Waals surface area contributed by atoms with Gasteiger partial charge in [-0.15, -0.1) is 0 Å². The van der Waals surface area contributed by atoms with Gasteiger partial charge in [0.15, 0.2) is 11.6 Å². The van der Waals surface area contributed by atoms with E-state index in [1.165, 1.54) is 4.90 Å². The first-order valence-electron chi connectivity index (χ1n) is 12.7. The van der Waals surface area contributed by atoms with E-state index in [1.54, 1.807) is 7.11 Å². The van der Waals surface area contributed by atoms with Crippen molar-refractivity contribution < 1.29 is 24.0 Å². The molecule has 1 aliphatic heterocycles. The van der Waals surface area contributed by atoms with Crippen molar-refractivity contribution in [1.82, 2.24) is 0 Å². The topological polar surface area (TPSA) is 57.0 Å². The van der Waals surface area contributed by atoms with E-state index >= 15 is 0 Å². The van der Waals surface area contributed by atoms with E-state index in [2.05, 4.69) is 47.6 Å². The molecule has 0 fully saturated rings. The monoisotopic (exact) mass is 466 g/mol. The average Bonchev–Trinajstić information content (AvgIpc) is 2.74. The number of ether oxygens (including phenoxy) is 2. The van der Waals surface area contributed by atoms with Crippen molar-refractivity contribution in [3.63, 3.8) is 0 Å². The lowest BCUT2D eigenvalue weighted by molar-refractivity contribution is -0.910. The van der Waals surface area contributed by atoms with Crippen LogP contribution in [0.4, 0.5) is 0 Å². The third-order valence-electron chi connectivity index (χ3n) is 7.66. The van der Waals surface area contributed by atoms with Crippen LogP contribution >= 0.6 is 0 Å². The van der Waals surface area contributed by atoms with Crippen LogP contribution in [-0.2, 0) is 20.9 Å². The van der Waals surface area contributed by atoms with Crippen molar-refractivity contribution in [3.05, 3.63) is 52.0 Å². The summed E-state index contributed by atoms with van der Waals surface area (Å²) >= 11 is 0. The van der Waals surface area contributed by atoms with Gasteiger partial charge in [0.25, 0.3) is 0 Å². The first-order chi connectivity index (χ1) is 16.0. The largest absolute Gasteiger partial charge is 0.496 e. The van der Waals surface area contributed by atoms with Crippen LogP contribution in [0, 0.1) is 10.8 Å². The molecule has 1 heterocycles. The van der Waals surface area contributed by atoms with E-state index in [-0.39, 0.29) is 28.3 Å². The van der Waals surface area contributed by atoms with Gasteiger partial charge in [0.05, 0.1) is 20.2 Å². The molecule has 4 rings (SSSR count). The van der Waals surface area contributed by atoms with Gasteiger partial charge in [0, 0.05) is 48.3 Å². The third kappa shape index (κ3) is 4.59. The van der Waals surface area contributed by atoms with Gasteiger partial charge >= 0.3 is 0 Å².